The number of imidazole rings is 1. The maximum absolute atomic E-state index is 6.00. The van der Waals surface area contributed by atoms with Crippen molar-refractivity contribution in [1.82, 2.24) is 14.5 Å². The lowest BCUT2D eigenvalue weighted by Crippen LogP contribution is -2.12. The quantitative estimate of drug-likeness (QED) is 0.851. The summed E-state index contributed by atoms with van der Waals surface area (Å²) >= 11 is 0. The van der Waals surface area contributed by atoms with Crippen LogP contribution >= 0.6 is 0 Å². The standard InChI is InChI=1S/C14H22N4/c1-3-5-7-11(4-2)10-18-13-12(17-14(18)15)8-6-9-16-13/h6,8-9,11H,3-5,7,10H2,1-2H3,(H2,15,17). The Bertz CT molecular complexity index is 503. The van der Waals surface area contributed by atoms with Crippen LogP contribution in [0.15, 0.2) is 18.3 Å². The Morgan fingerprint density at radius 1 is 1.39 bits per heavy atom. The zero-order chi connectivity index (χ0) is 13.0. The number of nitrogens with zero attached hydrogens (tertiary/aromatic N) is 3. The molecule has 0 aliphatic heterocycles. The van der Waals surface area contributed by atoms with Crippen molar-refractivity contribution in [3.63, 3.8) is 0 Å². The average Bonchev–Trinajstić information content (AvgIpc) is 2.70. The Balaban J connectivity index is 2.21. The van der Waals surface area contributed by atoms with Crippen molar-refractivity contribution in [2.75, 3.05) is 5.73 Å². The highest BCUT2D eigenvalue weighted by Gasteiger charge is 2.13. The van der Waals surface area contributed by atoms with Gasteiger partial charge in [-0.05, 0) is 24.5 Å². The Kier molecular flexibility index (Phi) is 4.18. The highest BCUT2D eigenvalue weighted by atomic mass is 15.2. The first kappa shape index (κ1) is 12.9. The van der Waals surface area contributed by atoms with Crippen molar-refractivity contribution in [2.24, 2.45) is 5.92 Å². The Morgan fingerprint density at radius 3 is 2.94 bits per heavy atom. The molecule has 2 heterocycles. The minimum atomic E-state index is 0.582. The van der Waals surface area contributed by atoms with Gasteiger partial charge < -0.3 is 5.73 Å². The predicted octanol–water partition coefficient (Wildman–Crippen LogP) is 3.23. The maximum Gasteiger partial charge on any atom is 0.202 e. The van der Waals surface area contributed by atoms with Gasteiger partial charge in [0.25, 0.3) is 0 Å². The molecule has 0 fully saturated rings. The third kappa shape index (κ3) is 2.63. The van der Waals surface area contributed by atoms with Crippen molar-refractivity contribution in [1.29, 1.82) is 0 Å². The number of aromatic nitrogens is 3. The van der Waals surface area contributed by atoms with Crippen LogP contribution in [0.1, 0.15) is 39.5 Å². The van der Waals surface area contributed by atoms with Gasteiger partial charge in [0.1, 0.15) is 5.52 Å². The van der Waals surface area contributed by atoms with Crippen LogP contribution < -0.4 is 5.73 Å². The molecule has 98 valence electrons. The van der Waals surface area contributed by atoms with Crippen LogP contribution in [0.3, 0.4) is 0 Å². The lowest BCUT2D eigenvalue weighted by Gasteiger charge is -2.16. The highest BCUT2D eigenvalue weighted by molar-refractivity contribution is 5.73. The topological polar surface area (TPSA) is 56.7 Å². The van der Waals surface area contributed by atoms with E-state index in [9.17, 15) is 0 Å². The molecule has 0 aromatic carbocycles. The van der Waals surface area contributed by atoms with Gasteiger partial charge in [-0.15, -0.1) is 0 Å². The highest BCUT2D eigenvalue weighted by Crippen LogP contribution is 2.21. The summed E-state index contributed by atoms with van der Waals surface area (Å²) in [5.41, 5.74) is 7.79. The van der Waals surface area contributed by atoms with Gasteiger partial charge >= 0.3 is 0 Å². The molecule has 4 heteroatoms. The molecule has 18 heavy (non-hydrogen) atoms. The first-order valence-corrected chi connectivity index (χ1v) is 6.83. The van der Waals surface area contributed by atoms with E-state index < -0.39 is 0 Å². The van der Waals surface area contributed by atoms with Gasteiger partial charge in [-0.2, -0.15) is 0 Å². The monoisotopic (exact) mass is 246 g/mol. The molecule has 0 saturated heterocycles. The number of unbranched alkanes of at least 4 members (excludes halogenated alkanes) is 1. The first-order chi connectivity index (χ1) is 8.76. The smallest absolute Gasteiger partial charge is 0.202 e. The van der Waals surface area contributed by atoms with Crippen molar-refractivity contribution in [3.05, 3.63) is 18.3 Å². The molecule has 0 saturated carbocycles. The predicted molar refractivity (Wildman–Crippen MR) is 75.2 cm³/mol. The fraction of sp³-hybridized carbons (Fsp3) is 0.571. The fourth-order valence-electron chi connectivity index (χ4n) is 2.33. The first-order valence-electron chi connectivity index (χ1n) is 6.83. The van der Waals surface area contributed by atoms with Gasteiger partial charge in [-0.3, -0.25) is 4.57 Å². The average molecular weight is 246 g/mol. The molecule has 0 aliphatic carbocycles. The van der Waals surface area contributed by atoms with Crippen LogP contribution in [0.25, 0.3) is 11.2 Å². The van der Waals surface area contributed by atoms with Gasteiger partial charge in [0.15, 0.2) is 5.65 Å². The Hall–Kier alpha value is -1.58. The van der Waals surface area contributed by atoms with Crippen LogP contribution in [0.2, 0.25) is 0 Å². The van der Waals surface area contributed by atoms with E-state index in [0.29, 0.717) is 11.9 Å². The largest absolute Gasteiger partial charge is 0.369 e. The number of hydrogen-bond donors (Lipinski definition) is 1. The van der Waals surface area contributed by atoms with Gasteiger partial charge in [0.05, 0.1) is 0 Å². The summed E-state index contributed by atoms with van der Waals surface area (Å²) in [5.74, 6) is 1.24. The Labute approximate surface area is 108 Å². The van der Waals surface area contributed by atoms with Crippen molar-refractivity contribution >= 4 is 17.1 Å². The minimum absolute atomic E-state index is 0.582. The minimum Gasteiger partial charge on any atom is -0.369 e. The number of nitrogens with two attached hydrogens (primary N) is 1. The van der Waals surface area contributed by atoms with Gasteiger partial charge in [0, 0.05) is 12.7 Å². The molecular weight excluding hydrogens is 224 g/mol. The number of hydrogen-bond acceptors (Lipinski definition) is 3. The summed E-state index contributed by atoms with van der Waals surface area (Å²) in [6.45, 7) is 5.40. The molecule has 0 spiro atoms. The zero-order valence-corrected chi connectivity index (χ0v) is 11.3. The Morgan fingerprint density at radius 2 is 2.22 bits per heavy atom. The normalized spacial score (nSPS) is 13.0. The number of fused-ring (bicyclic) bond motifs is 1. The second kappa shape index (κ2) is 5.85. The molecule has 4 nitrogen and oxygen atoms in total. The van der Waals surface area contributed by atoms with Gasteiger partial charge in [0.2, 0.25) is 5.95 Å². The van der Waals surface area contributed by atoms with Crippen molar-refractivity contribution in [2.45, 2.75) is 46.1 Å². The van der Waals surface area contributed by atoms with Crippen LogP contribution in [0.4, 0.5) is 5.95 Å². The van der Waals surface area contributed by atoms with Crippen LogP contribution in [0, 0.1) is 5.92 Å². The van der Waals surface area contributed by atoms with Gasteiger partial charge in [-0.1, -0.05) is 33.1 Å². The molecule has 1 unspecified atom stereocenters. The maximum atomic E-state index is 6.00. The molecule has 0 bridgehead atoms. The van der Waals surface area contributed by atoms with E-state index >= 15 is 0 Å². The summed E-state index contributed by atoms with van der Waals surface area (Å²) in [5, 5.41) is 0. The van der Waals surface area contributed by atoms with Gasteiger partial charge in [-0.25, -0.2) is 9.97 Å². The fourth-order valence-corrected chi connectivity index (χ4v) is 2.33. The summed E-state index contributed by atoms with van der Waals surface area (Å²) in [6, 6.07) is 3.86. The number of rotatable bonds is 6. The lowest BCUT2D eigenvalue weighted by atomic mass is 9.99. The van der Waals surface area contributed by atoms with Crippen LogP contribution in [-0.4, -0.2) is 14.5 Å². The zero-order valence-electron chi connectivity index (χ0n) is 11.3. The molecule has 2 N–H and O–H groups in total. The summed E-state index contributed by atoms with van der Waals surface area (Å²) in [7, 11) is 0. The van der Waals surface area contributed by atoms with Crippen LogP contribution in [-0.2, 0) is 6.54 Å². The SMILES string of the molecule is CCCCC(CC)Cn1c(N)nc2cccnc21. The number of pyridine rings is 1. The summed E-state index contributed by atoms with van der Waals surface area (Å²) < 4.78 is 2.05. The van der Waals surface area contributed by atoms with Crippen LogP contribution in [0.5, 0.6) is 0 Å². The lowest BCUT2D eigenvalue weighted by molar-refractivity contribution is 0.397. The third-order valence-electron chi connectivity index (χ3n) is 3.52. The molecule has 1 atom stereocenters. The van der Waals surface area contributed by atoms with E-state index in [1.54, 1.807) is 6.20 Å². The van der Waals surface area contributed by atoms with E-state index in [2.05, 4.69) is 28.4 Å². The summed E-state index contributed by atoms with van der Waals surface area (Å²) in [4.78, 5) is 8.75. The van der Waals surface area contributed by atoms with E-state index in [0.717, 1.165) is 17.7 Å². The molecular formula is C14H22N4. The number of anilines is 1. The van der Waals surface area contributed by atoms with E-state index in [-0.39, 0.29) is 0 Å². The second-order valence-corrected chi connectivity index (χ2v) is 4.84. The summed E-state index contributed by atoms with van der Waals surface area (Å²) in [6.07, 6.45) is 6.74. The van der Waals surface area contributed by atoms with E-state index in [1.807, 2.05) is 12.1 Å². The molecule has 0 amide bonds. The second-order valence-electron chi connectivity index (χ2n) is 4.84. The van der Waals surface area contributed by atoms with E-state index in [1.165, 1.54) is 25.7 Å². The van der Waals surface area contributed by atoms with Crippen molar-refractivity contribution < 1.29 is 0 Å². The molecule has 0 radical (unpaired) electrons. The molecule has 2 aromatic heterocycles. The van der Waals surface area contributed by atoms with Crippen molar-refractivity contribution in [3.8, 4) is 0 Å². The molecule has 2 aromatic rings. The molecule has 2 rings (SSSR count). The third-order valence-corrected chi connectivity index (χ3v) is 3.52. The molecule has 0 aliphatic rings. The van der Waals surface area contributed by atoms with E-state index in [4.69, 9.17) is 5.73 Å². The number of nitrogen functional groups attached to an aromatic ring is 1.